The minimum Gasteiger partial charge on any atom is -0.493 e. The Morgan fingerprint density at radius 1 is 1.04 bits per heavy atom. The van der Waals surface area contributed by atoms with Gasteiger partial charge in [-0.2, -0.15) is 0 Å². The Balaban J connectivity index is 2.21. The first-order valence-corrected chi connectivity index (χ1v) is 8.76. The fourth-order valence-electron chi connectivity index (χ4n) is 2.06. The molecule has 6 heteroatoms. The molecular formula is C19H19BrO5. The van der Waals surface area contributed by atoms with Gasteiger partial charge in [-0.1, -0.05) is 28.9 Å². The number of ether oxygens (including phenoxy) is 3. The van der Waals surface area contributed by atoms with Gasteiger partial charge in [0.2, 0.25) is 0 Å². The number of rotatable bonds is 7. The number of carbonyl (C=O) groups is 2. The van der Waals surface area contributed by atoms with Crippen LogP contribution in [0.1, 0.15) is 41.0 Å². The molecule has 0 aliphatic carbocycles. The van der Waals surface area contributed by atoms with Crippen LogP contribution in [0, 0.1) is 0 Å². The number of benzene rings is 2. The fourth-order valence-corrected chi connectivity index (χ4v) is 2.42. The molecule has 25 heavy (non-hydrogen) atoms. The molecule has 2 rings (SSSR count). The van der Waals surface area contributed by atoms with E-state index in [4.69, 9.17) is 14.2 Å². The van der Waals surface area contributed by atoms with Gasteiger partial charge in [0.25, 0.3) is 0 Å². The zero-order valence-corrected chi connectivity index (χ0v) is 15.7. The highest BCUT2D eigenvalue weighted by molar-refractivity contribution is 9.10. The third-order valence-electron chi connectivity index (χ3n) is 3.18. The van der Waals surface area contributed by atoms with Crippen molar-refractivity contribution in [3.05, 3.63) is 58.1 Å². The lowest BCUT2D eigenvalue weighted by Gasteiger charge is -2.11. The average Bonchev–Trinajstić information content (AvgIpc) is 2.61. The zero-order valence-electron chi connectivity index (χ0n) is 14.1. The summed E-state index contributed by atoms with van der Waals surface area (Å²) in [6.07, 6.45) is 0.826. The van der Waals surface area contributed by atoms with E-state index in [9.17, 15) is 9.59 Å². The van der Waals surface area contributed by atoms with Crippen LogP contribution >= 0.6 is 15.9 Å². The van der Waals surface area contributed by atoms with Crippen LogP contribution in [0.4, 0.5) is 0 Å². The van der Waals surface area contributed by atoms with Crippen LogP contribution in [-0.2, 0) is 4.74 Å². The van der Waals surface area contributed by atoms with Crippen LogP contribution < -0.4 is 9.47 Å². The van der Waals surface area contributed by atoms with E-state index in [2.05, 4.69) is 15.9 Å². The third kappa shape index (κ3) is 5.32. The molecule has 0 saturated heterocycles. The average molecular weight is 407 g/mol. The van der Waals surface area contributed by atoms with Gasteiger partial charge in [-0.3, -0.25) is 0 Å². The minimum absolute atomic E-state index is 0.261. The van der Waals surface area contributed by atoms with E-state index in [1.807, 2.05) is 6.92 Å². The summed E-state index contributed by atoms with van der Waals surface area (Å²) in [6, 6.07) is 11.5. The van der Waals surface area contributed by atoms with Crippen molar-refractivity contribution in [2.24, 2.45) is 0 Å². The standard InChI is InChI=1S/C19H19BrO5/c1-3-10-24-17-9-8-14(20)12-16(17)19(22)25-15-7-5-6-13(11-15)18(21)23-4-2/h5-9,11-12H,3-4,10H2,1-2H3. The van der Waals surface area contributed by atoms with Crippen LogP contribution in [0.15, 0.2) is 46.9 Å². The van der Waals surface area contributed by atoms with Crippen LogP contribution in [0.2, 0.25) is 0 Å². The van der Waals surface area contributed by atoms with E-state index in [-0.39, 0.29) is 12.4 Å². The molecule has 0 aromatic heterocycles. The Kier molecular flexibility index (Phi) is 7.01. The highest BCUT2D eigenvalue weighted by Crippen LogP contribution is 2.25. The largest absolute Gasteiger partial charge is 0.493 e. The molecule has 0 spiro atoms. The maximum atomic E-state index is 12.5. The normalized spacial score (nSPS) is 10.2. The second-order valence-electron chi connectivity index (χ2n) is 5.13. The maximum Gasteiger partial charge on any atom is 0.347 e. The monoisotopic (exact) mass is 406 g/mol. The Morgan fingerprint density at radius 3 is 2.56 bits per heavy atom. The first kappa shape index (κ1) is 19.0. The van der Waals surface area contributed by atoms with Crippen molar-refractivity contribution in [3.63, 3.8) is 0 Å². The van der Waals surface area contributed by atoms with Gasteiger partial charge < -0.3 is 14.2 Å². The SMILES string of the molecule is CCCOc1ccc(Br)cc1C(=O)Oc1cccc(C(=O)OCC)c1. The zero-order chi connectivity index (χ0) is 18.2. The summed E-state index contributed by atoms with van der Waals surface area (Å²) in [5, 5.41) is 0. The molecule has 0 fully saturated rings. The molecule has 0 N–H and O–H groups in total. The van der Waals surface area contributed by atoms with Gasteiger partial charge in [0.1, 0.15) is 17.1 Å². The molecule has 0 bridgehead atoms. The van der Waals surface area contributed by atoms with E-state index in [1.165, 1.54) is 6.07 Å². The summed E-state index contributed by atoms with van der Waals surface area (Å²) in [5.74, 6) is -0.309. The first-order valence-electron chi connectivity index (χ1n) is 7.96. The van der Waals surface area contributed by atoms with Crippen LogP contribution in [0.25, 0.3) is 0 Å². The molecule has 2 aromatic rings. The molecule has 0 saturated carbocycles. The summed E-state index contributed by atoms with van der Waals surface area (Å²) in [5.41, 5.74) is 0.633. The van der Waals surface area contributed by atoms with E-state index < -0.39 is 11.9 Å². The van der Waals surface area contributed by atoms with E-state index >= 15 is 0 Å². The van der Waals surface area contributed by atoms with Crippen LogP contribution in [0.5, 0.6) is 11.5 Å². The highest BCUT2D eigenvalue weighted by Gasteiger charge is 2.17. The van der Waals surface area contributed by atoms with Gasteiger partial charge >= 0.3 is 11.9 Å². The van der Waals surface area contributed by atoms with Gasteiger partial charge in [-0.15, -0.1) is 0 Å². The lowest BCUT2D eigenvalue weighted by Crippen LogP contribution is -2.12. The predicted octanol–water partition coefficient (Wildman–Crippen LogP) is 4.63. The fraction of sp³-hybridized carbons (Fsp3) is 0.263. The van der Waals surface area contributed by atoms with Crippen molar-refractivity contribution >= 4 is 27.9 Å². The van der Waals surface area contributed by atoms with Gasteiger partial charge in [0.15, 0.2) is 0 Å². The Hall–Kier alpha value is -2.34. The molecule has 0 radical (unpaired) electrons. The summed E-state index contributed by atoms with van der Waals surface area (Å²) in [6.45, 7) is 4.49. The Labute approximate surface area is 155 Å². The van der Waals surface area contributed by atoms with E-state index in [0.29, 0.717) is 23.5 Å². The summed E-state index contributed by atoms with van der Waals surface area (Å²) >= 11 is 3.34. The lowest BCUT2D eigenvalue weighted by atomic mass is 10.2. The van der Waals surface area contributed by atoms with Crippen molar-refractivity contribution in [1.82, 2.24) is 0 Å². The molecule has 0 unspecified atom stereocenters. The number of halogens is 1. The summed E-state index contributed by atoms with van der Waals surface area (Å²) in [4.78, 5) is 24.3. The minimum atomic E-state index is -0.562. The molecule has 5 nitrogen and oxygen atoms in total. The summed E-state index contributed by atoms with van der Waals surface area (Å²) in [7, 11) is 0. The first-order chi connectivity index (χ1) is 12.0. The Morgan fingerprint density at radius 2 is 1.84 bits per heavy atom. The van der Waals surface area contributed by atoms with Gasteiger partial charge in [-0.05, 0) is 49.7 Å². The van der Waals surface area contributed by atoms with Gasteiger partial charge in [-0.25, -0.2) is 9.59 Å². The maximum absolute atomic E-state index is 12.5. The summed E-state index contributed by atoms with van der Waals surface area (Å²) < 4.78 is 16.7. The van der Waals surface area contributed by atoms with Crippen molar-refractivity contribution in [2.45, 2.75) is 20.3 Å². The number of hydrogen-bond donors (Lipinski definition) is 0. The smallest absolute Gasteiger partial charge is 0.347 e. The third-order valence-corrected chi connectivity index (χ3v) is 3.67. The van der Waals surface area contributed by atoms with Crippen molar-refractivity contribution in [2.75, 3.05) is 13.2 Å². The second-order valence-corrected chi connectivity index (χ2v) is 6.04. The van der Waals surface area contributed by atoms with Gasteiger partial charge in [0.05, 0.1) is 18.8 Å². The topological polar surface area (TPSA) is 61.8 Å². The van der Waals surface area contributed by atoms with Crippen molar-refractivity contribution < 1.29 is 23.8 Å². The highest BCUT2D eigenvalue weighted by atomic mass is 79.9. The van der Waals surface area contributed by atoms with Gasteiger partial charge in [0, 0.05) is 4.47 Å². The van der Waals surface area contributed by atoms with Crippen LogP contribution in [0.3, 0.4) is 0 Å². The molecule has 0 aliphatic heterocycles. The second kappa shape index (κ2) is 9.22. The molecule has 2 aromatic carbocycles. The lowest BCUT2D eigenvalue weighted by molar-refractivity contribution is 0.0524. The van der Waals surface area contributed by atoms with E-state index in [1.54, 1.807) is 43.3 Å². The van der Waals surface area contributed by atoms with E-state index in [0.717, 1.165) is 10.9 Å². The molecule has 0 aliphatic rings. The molecule has 0 atom stereocenters. The van der Waals surface area contributed by atoms with Crippen LogP contribution in [-0.4, -0.2) is 25.2 Å². The van der Waals surface area contributed by atoms with Crippen molar-refractivity contribution in [1.29, 1.82) is 0 Å². The molecular weight excluding hydrogens is 388 g/mol. The van der Waals surface area contributed by atoms with Crippen molar-refractivity contribution in [3.8, 4) is 11.5 Å². The Bertz CT molecular complexity index is 757. The number of hydrogen-bond acceptors (Lipinski definition) is 5. The number of esters is 2. The number of carbonyl (C=O) groups excluding carboxylic acids is 2. The quantitative estimate of drug-likeness (QED) is 0.495. The molecule has 0 amide bonds. The molecule has 0 heterocycles. The molecule has 132 valence electrons. The predicted molar refractivity (Wildman–Crippen MR) is 97.3 cm³/mol.